The molecule has 1 fully saturated rings. The number of amides is 2. The second-order valence-electron chi connectivity index (χ2n) is 7.02. The van der Waals surface area contributed by atoms with Crippen molar-refractivity contribution >= 4 is 33.7 Å². The molecule has 2 aromatic carbocycles. The number of alkyl halides is 1. The predicted octanol–water partition coefficient (Wildman–Crippen LogP) is 2.47. The number of nitrogens with zero attached hydrogens (tertiary/aromatic N) is 1. The number of rotatable bonds is 2. The third-order valence-electron chi connectivity index (χ3n) is 5.90. The molecule has 2 amide bonds. The first-order chi connectivity index (χ1) is 12.5. The number of hydrogen-bond donors (Lipinski definition) is 1. The minimum Gasteiger partial charge on any atom is -0.480 e. The van der Waals surface area contributed by atoms with Crippen molar-refractivity contribution in [2.45, 2.75) is 10.2 Å². The van der Waals surface area contributed by atoms with Crippen LogP contribution in [0.5, 0.6) is 0 Å². The van der Waals surface area contributed by atoms with Gasteiger partial charge in [-0.2, -0.15) is 0 Å². The molecule has 2 aromatic rings. The summed E-state index contributed by atoms with van der Waals surface area (Å²) in [5.74, 6) is -3.43. The van der Waals surface area contributed by atoms with Crippen molar-refractivity contribution in [3.05, 3.63) is 70.8 Å². The first kappa shape index (κ1) is 15.8. The maximum Gasteiger partial charge on any atom is 0.323 e. The van der Waals surface area contributed by atoms with E-state index in [0.717, 1.165) is 27.2 Å². The number of halogens is 1. The minimum atomic E-state index is -1.18. The standard InChI is InChI=1S/C20H14BrNO4/c21-20-12-7-3-1-5-10(12)15(11-6-2-4-8-13(11)20)16-17(20)19(26)22(18(16)25)9-14(23)24/h1-8,15-17H,9H2,(H,23,24)/t15?,16-,17+,20?/m1/s1. The van der Waals surface area contributed by atoms with Crippen molar-refractivity contribution < 1.29 is 19.5 Å². The highest BCUT2D eigenvalue weighted by Crippen LogP contribution is 2.66. The number of benzene rings is 2. The summed E-state index contributed by atoms with van der Waals surface area (Å²) >= 11 is 3.85. The van der Waals surface area contributed by atoms with Gasteiger partial charge in [-0.05, 0) is 22.3 Å². The van der Waals surface area contributed by atoms with E-state index in [1.54, 1.807) is 0 Å². The predicted molar refractivity (Wildman–Crippen MR) is 95.8 cm³/mol. The molecule has 2 bridgehead atoms. The fourth-order valence-electron chi connectivity index (χ4n) is 5.03. The van der Waals surface area contributed by atoms with Crippen LogP contribution in [0.25, 0.3) is 0 Å². The average molecular weight is 412 g/mol. The lowest BCUT2D eigenvalue weighted by Crippen LogP contribution is -2.50. The summed E-state index contributed by atoms with van der Waals surface area (Å²) in [6.45, 7) is -0.590. The van der Waals surface area contributed by atoms with Crippen molar-refractivity contribution in [3.8, 4) is 0 Å². The number of carboxylic acid groups (broad SMARTS) is 1. The van der Waals surface area contributed by atoms with E-state index in [4.69, 9.17) is 5.11 Å². The average Bonchev–Trinajstić information content (AvgIpc) is 2.88. The van der Waals surface area contributed by atoms with Gasteiger partial charge in [-0.3, -0.25) is 19.3 Å². The van der Waals surface area contributed by atoms with E-state index in [9.17, 15) is 14.4 Å². The molecule has 3 aliphatic carbocycles. The monoisotopic (exact) mass is 411 g/mol. The minimum absolute atomic E-state index is 0.234. The van der Waals surface area contributed by atoms with Crippen LogP contribution in [0.3, 0.4) is 0 Å². The van der Waals surface area contributed by atoms with Gasteiger partial charge in [0.15, 0.2) is 0 Å². The lowest BCUT2D eigenvalue weighted by Gasteiger charge is -2.51. The second-order valence-corrected chi connectivity index (χ2v) is 8.27. The van der Waals surface area contributed by atoms with Crippen LogP contribution in [-0.4, -0.2) is 34.3 Å². The Labute approximate surface area is 157 Å². The van der Waals surface area contributed by atoms with E-state index >= 15 is 0 Å². The van der Waals surface area contributed by atoms with Crippen molar-refractivity contribution in [1.82, 2.24) is 4.90 Å². The third kappa shape index (κ3) is 1.68. The van der Waals surface area contributed by atoms with Gasteiger partial charge in [0.1, 0.15) is 6.54 Å². The first-order valence-electron chi connectivity index (χ1n) is 8.41. The van der Waals surface area contributed by atoms with E-state index in [1.165, 1.54) is 0 Å². The third-order valence-corrected chi connectivity index (χ3v) is 7.25. The number of carboxylic acids is 1. The summed E-state index contributed by atoms with van der Waals surface area (Å²) in [5, 5.41) is 9.14. The zero-order chi connectivity index (χ0) is 18.2. The highest BCUT2D eigenvalue weighted by atomic mass is 79.9. The Morgan fingerprint density at radius 3 is 2.08 bits per heavy atom. The van der Waals surface area contributed by atoms with Crippen LogP contribution < -0.4 is 0 Å². The topological polar surface area (TPSA) is 74.7 Å². The molecular weight excluding hydrogens is 398 g/mol. The number of imide groups is 1. The Morgan fingerprint density at radius 1 is 1.00 bits per heavy atom. The Morgan fingerprint density at radius 2 is 1.54 bits per heavy atom. The van der Waals surface area contributed by atoms with Crippen LogP contribution in [0.4, 0.5) is 0 Å². The summed E-state index contributed by atoms with van der Waals surface area (Å²) in [5.41, 5.74) is 4.04. The molecule has 1 heterocycles. The molecule has 130 valence electrons. The molecule has 1 saturated heterocycles. The summed E-state index contributed by atoms with van der Waals surface area (Å²) < 4.78 is -0.820. The number of aliphatic carboxylic acids is 1. The van der Waals surface area contributed by atoms with Gasteiger partial charge in [0.2, 0.25) is 11.8 Å². The smallest absolute Gasteiger partial charge is 0.323 e. The second kappa shape index (κ2) is 5.04. The number of likely N-dealkylation sites (tertiary alicyclic amines) is 1. The molecule has 6 rings (SSSR count). The lowest BCUT2D eigenvalue weighted by atomic mass is 9.55. The van der Waals surface area contributed by atoms with Crippen molar-refractivity contribution in [3.63, 3.8) is 0 Å². The number of carbonyl (C=O) groups is 3. The van der Waals surface area contributed by atoms with E-state index in [2.05, 4.69) is 15.9 Å². The quantitative estimate of drug-likeness (QED) is 0.608. The zero-order valence-corrected chi connectivity index (χ0v) is 15.1. The van der Waals surface area contributed by atoms with E-state index < -0.39 is 34.6 Å². The van der Waals surface area contributed by atoms with E-state index in [0.29, 0.717) is 0 Å². The highest BCUT2D eigenvalue weighted by Gasteiger charge is 2.67. The maximum absolute atomic E-state index is 13.1. The summed E-state index contributed by atoms with van der Waals surface area (Å²) in [4.78, 5) is 38.3. The fourth-order valence-corrected chi connectivity index (χ4v) is 6.23. The van der Waals surface area contributed by atoms with Crippen LogP contribution in [0.1, 0.15) is 28.2 Å². The summed E-state index contributed by atoms with van der Waals surface area (Å²) in [6, 6.07) is 15.7. The van der Waals surface area contributed by atoms with Crippen LogP contribution in [0, 0.1) is 11.8 Å². The molecule has 5 nitrogen and oxygen atoms in total. The van der Waals surface area contributed by atoms with Crippen molar-refractivity contribution in [2.24, 2.45) is 11.8 Å². The molecule has 26 heavy (non-hydrogen) atoms. The van der Waals surface area contributed by atoms with Gasteiger partial charge in [-0.1, -0.05) is 64.5 Å². The van der Waals surface area contributed by atoms with E-state index in [-0.39, 0.29) is 11.8 Å². The number of carbonyl (C=O) groups excluding carboxylic acids is 2. The molecule has 1 aliphatic heterocycles. The summed E-state index contributed by atoms with van der Waals surface area (Å²) in [7, 11) is 0. The van der Waals surface area contributed by atoms with Crippen molar-refractivity contribution in [2.75, 3.05) is 6.54 Å². The SMILES string of the molecule is O=C(O)CN1C(=O)[C@@H]2C3c4ccccc4C(Br)(c4ccccc43)[C@@H]2C1=O. The van der Waals surface area contributed by atoms with Crippen molar-refractivity contribution in [1.29, 1.82) is 0 Å². The van der Waals surface area contributed by atoms with Gasteiger partial charge in [-0.15, -0.1) is 0 Å². The largest absolute Gasteiger partial charge is 0.480 e. The van der Waals surface area contributed by atoms with E-state index in [1.807, 2.05) is 48.5 Å². The maximum atomic E-state index is 13.1. The van der Waals surface area contributed by atoms with Crippen LogP contribution >= 0.6 is 15.9 Å². The lowest BCUT2D eigenvalue weighted by molar-refractivity contribution is -0.149. The molecule has 0 radical (unpaired) electrons. The van der Waals surface area contributed by atoms with Crippen LogP contribution in [0.15, 0.2) is 48.5 Å². The molecule has 0 unspecified atom stereocenters. The fraction of sp³-hybridized carbons (Fsp3) is 0.250. The van der Waals surface area contributed by atoms with Gasteiger partial charge in [0, 0.05) is 5.92 Å². The molecule has 1 N–H and O–H groups in total. The normalized spacial score (nSPS) is 30.8. The van der Waals surface area contributed by atoms with Gasteiger partial charge < -0.3 is 5.11 Å². The van der Waals surface area contributed by atoms with Gasteiger partial charge in [0.05, 0.1) is 16.2 Å². The van der Waals surface area contributed by atoms with Crippen LogP contribution in [0.2, 0.25) is 0 Å². The molecule has 0 saturated carbocycles. The van der Waals surface area contributed by atoms with Gasteiger partial charge >= 0.3 is 5.97 Å². The zero-order valence-electron chi connectivity index (χ0n) is 13.6. The van der Waals surface area contributed by atoms with Gasteiger partial charge in [-0.25, -0.2) is 0 Å². The Hall–Kier alpha value is -2.47. The molecular formula is C20H14BrNO4. The highest BCUT2D eigenvalue weighted by molar-refractivity contribution is 9.09. The molecule has 0 aromatic heterocycles. The van der Waals surface area contributed by atoms with Crippen LogP contribution in [-0.2, 0) is 18.7 Å². The number of hydrogen-bond acceptors (Lipinski definition) is 3. The Bertz CT molecular complexity index is 953. The molecule has 4 aliphatic rings. The Balaban J connectivity index is 1.80. The Kier molecular flexibility index (Phi) is 3.05. The molecule has 0 spiro atoms. The molecule has 2 atom stereocenters. The van der Waals surface area contributed by atoms with Gasteiger partial charge in [0.25, 0.3) is 0 Å². The molecule has 6 heteroatoms. The summed E-state index contributed by atoms with van der Waals surface area (Å²) in [6.07, 6.45) is 0. The first-order valence-corrected chi connectivity index (χ1v) is 9.20.